The average molecular weight is 308 g/mol. The smallest absolute Gasteiger partial charge is 0.251 e. The van der Waals surface area contributed by atoms with E-state index >= 15 is 0 Å². The molecular weight excluding hydrogens is 284 g/mol. The quantitative estimate of drug-likeness (QED) is 0.771. The molecule has 23 heavy (non-hydrogen) atoms. The number of aryl methyl sites for hydroxylation is 3. The number of hydrogen-bond acceptors (Lipinski definition) is 2. The van der Waals surface area contributed by atoms with E-state index < -0.39 is 5.41 Å². The molecule has 1 aromatic heterocycles. The van der Waals surface area contributed by atoms with Crippen molar-refractivity contribution in [1.29, 1.82) is 0 Å². The van der Waals surface area contributed by atoms with E-state index in [4.69, 9.17) is 0 Å². The summed E-state index contributed by atoms with van der Waals surface area (Å²) in [5.74, 6) is -0.131. The van der Waals surface area contributed by atoms with Crippen LogP contribution in [0.15, 0.2) is 41.5 Å². The summed E-state index contributed by atoms with van der Waals surface area (Å²) in [5.41, 5.74) is 5.19. The summed E-state index contributed by atoms with van der Waals surface area (Å²) in [5, 5.41) is 0. The molecule has 120 valence electrons. The first-order valence-electron chi connectivity index (χ1n) is 7.83. The van der Waals surface area contributed by atoms with Gasteiger partial charge in [0.05, 0.1) is 5.71 Å². The highest BCUT2D eigenvalue weighted by molar-refractivity contribution is 6.17. The van der Waals surface area contributed by atoms with Crippen molar-refractivity contribution in [3.05, 3.63) is 64.5 Å². The van der Waals surface area contributed by atoms with Crippen molar-refractivity contribution in [2.24, 2.45) is 10.4 Å². The van der Waals surface area contributed by atoms with Gasteiger partial charge >= 0.3 is 0 Å². The Kier molecular flexibility index (Phi) is 4.79. The third-order valence-corrected chi connectivity index (χ3v) is 3.87. The van der Waals surface area contributed by atoms with Gasteiger partial charge < -0.3 is 0 Å². The zero-order valence-electron chi connectivity index (χ0n) is 14.8. The molecule has 1 heterocycles. The van der Waals surface area contributed by atoms with Crippen LogP contribution < -0.4 is 0 Å². The fraction of sp³-hybridized carbons (Fsp3) is 0.350. The van der Waals surface area contributed by atoms with E-state index in [0.717, 1.165) is 27.9 Å². The maximum Gasteiger partial charge on any atom is 0.251 e. The third kappa shape index (κ3) is 3.92. The zero-order valence-corrected chi connectivity index (χ0v) is 14.8. The van der Waals surface area contributed by atoms with Crippen molar-refractivity contribution in [3.8, 4) is 0 Å². The van der Waals surface area contributed by atoms with E-state index in [-0.39, 0.29) is 5.91 Å². The fourth-order valence-corrected chi connectivity index (χ4v) is 2.16. The van der Waals surface area contributed by atoms with Crippen LogP contribution in [0.5, 0.6) is 0 Å². The molecule has 3 heteroatoms. The first-order chi connectivity index (χ1) is 10.7. The molecule has 0 N–H and O–H groups in total. The standard InChI is InChI=1S/C20H24N2O/c1-13-9-7-8-10-17(13)18(22-19(23)20(4,5)6)16-11-14(2)15(3)21-12-16/h7-12H,1-6H3. The number of aromatic nitrogens is 1. The number of carbonyl (C=O) groups excluding carboxylic acids is 1. The highest BCUT2D eigenvalue weighted by atomic mass is 16.1. The second-order valence-electron chi connectivity index (χ2n) is 6.96. The summed E-state index contributed by atoms with van der Waals surface area (Å²) < 4.78 is 0. The lowest BCUT2D eigenvalue weighted by atomic mass is 9.94. The Labute approximate surface area is 138 Å². The second kappa shape index (κ2) is 6.45. The number of amides is 1. The number of carbonyl (C=O) groups is 1. The van der Waals surface area contributed by atoms with Crippen LogP contribution in [-0.4, -0.2) is 16.6 Å². The molecule has 1 aromatic carbocycles. The Hall–Kier alpha value is -2.29. The van der Waals surface area contributed by atoms with Crippen LogP contribution in [0.4, 0.5) is 0 Å². The first-order valence-corrected chi connectivity index (χ1v) is 7.83. The molecule has 0 radical (unpaired) electrons. The van der Waals surface area contributed by atoms with Crippen LogP contribution in [0.25, 0.3) is 0 Å². The van der Waals surface area contributed by atoms with Gasteiger partial charge in [-0.2, -0.15) is 0 Å². The summed E-state index contributed by atoms with van der Waals surface area (Å²) in [4.78, 5) is 21.4. The van der Waals surface area contributed by atoms with Crippen molar-refractivity contribution >= 4 is 11.6 Å². The van der Waals surface area contributed by atoms with E-state index in [1.165, 1.54) is 0 Å². The molecule has 3 nitrogen and oxygen atoms in total. The Morgan fingerprint density at radius 3 is 2.26 bits per heavy atom. The van der Waals surface area contributed by atoms with Crippen molar-refractivity contribution in [2.75, 3.05) is 0 Å². The number of nitrogens with zero attached hydrogens (tertiary/aromatic N) is 2. The lowest BCUT2D eigenvalue weighted by Gasteiger charge is -2.16. The van der Waals surface area contributed by atoms with Gasteiger partial charge in [-0.15, -0.1) is 0 Å². The van der Waals surface area contributed by atoms with Crippen molar-refractivity contribution in [1.82, 2.24) is 4.98 Å². The van der Waals surface area contributed by atoms with Crippen LogP contribution in [0.2, 0.25) is 0 Å². The molecule has 0 saturated heterocycles. The molecule has 0 atom stereocenters. The van der Waals surface area contributed by atoms with E-state index in [9.17, 15) is 4.79 Å². The molecule has 0 aliphatic carbocycles. The zero-order chi connectivity index (χ0) is 17.2. The predicted molar refractivity (Wildman–Crippen MR) is 95.0 cm³/mol. The Morgan fingerprint density at radius 1 is 1.04 bits per heavy atom. The van der Waals surface area contributed by atoms with Gasteiger partial charge in [0.2, 0.25) is 0 Å². The molecule has 2 aromatic rings. The predicted octanol–water partition coefficient (Wildman–Crippen LogP) is 4.42. The van der Waals surface area contributed by atoms with Crippen molar-refractivity contribution in [2.45, 2.75) is 41.5 Å². The Bertz CT molecular complexity index is 767. The molecular formula is C20H24N2O. The van der Waals surface area contributed by atoms with Gasteiger partial charge in [-0.1, -0.05) is 45.0 Å². The lowest BCUT2D eigenvalue weighted by Crippen LogP contribution is -2.20. The van der Waals surface area contributed by atoms with Gasteiger partial charge in [0, 0.05) is 28.4 Å². The van der Waals surface area contributed by atoms with Gasteiger partial charge in [-0.05, 0) is 38.0 Å². The molecule has 2 rings (SSSR count). The monoisotopic (exact) mass is 308 g/mol. The van der Waals surface area contributed by atoms with Crippen molar-refractivity contribution in [3.63, 3.8) is 0 Å². The summed E-state index contributed by atoms with van der Waals surface area (Å²) in [6.07, 6.45) is 1.80. The van der Waals surface area contributed by atoms with Crippen molar-refractivity contribution < 1.29 is 4.79 Å². The van der Waals surface area contributed by atoms with Gasteiger partial charge in [0.25, 0.3) is 5.91 Å². The number of pyridine rings is 1. The van der Waals surface area contributed by atoms with Gasteiger partial charge in [-0.3, -0.25) is 9.78 Å². The Morgan fingerprint density at radius 2 is 1.70 bits per heavy atom. The highest BCUT2D eigenvalue weighted by Crippen LogP contribution is 2.21. The maximum atomic E-state index is 12.5. The summed E-state index contributed by atoms with van der Waals surface area (Å²) >= 11 is 0. The number of rotatable bonds is 2. The molecule has 0 aliphatic heterocycles. The summed E-state index contributed by atoms with van der Waals surface area (Å²) in [7, 11) is 0. The van der Waals surface area contributed by atoms with Gasteiger partial charge in [0.1, 0.15) is 0 Å². The fourth-order valence-electron chi connectivity index (χ4n) is 2.16. The minimum absolute atomic E-state index is 0.131. The molecule has 0 saturated carbocycles. The van der Waals surface area contributed by atoms with E-state index in [1.54, 1.807) is 6.20 Å². The normalized spacial score (nSPS) is 12.3. The summed E-state index contributed by atoms with van der Waals surface area (Å²) in [6.45, 7) is 11.7. The topological polar surface area (TPSA) is 42.3 Å². The lowest BCUT2D eigenvalue weighted by molar-refractivity contribution is -0.124. The minimum atomic E-state index is -0.513. The average Bonchev–Trinajstić information content (AvgIpc) is 2.47. The van der Waals surface area contributed by atoms with E-state index in [1.807, 2.05) is 71.9 Å². The molecule has 1 amide bonds. The molecule has 0 bridgehead atoms. The highest BCUT2D eigenvalue weighted by Gasteiger charge is 2.22. The molecule has 0 fully saturated rings. The largest absolute Gasteiger partial charge is 0.272 e. The van der Waals surface area contributed by atoms with Crippen LogP contribution in [0.3, 0.4) is 0 Å². The molecule has 0 aliphatic rings. The van der Waals surface area contributed by atoms with Crippen LogP contribution in [0.1, 0.15) is 48.7 Å². The summed E-state index contributed by atoms with van der Waals surface area (Å²) in [6, 6.07) is 10.0. The number of hydrogen-bond donors (Lipinski definition) is 0. The minimum Gasteiger partial charge on any atom is -0.272 e. The number of benzene rings is 1. The SMILES string of the molecule is Cc1ccccc1C(=NC(=O)C(C)(C)C)c1cnc(C)c(C)c1. The van der Waals surface area contributed by atoms with Crippen LogP contribution in [0, 0.1) is 26.2 Å². The first kappa shape index (κ1) is 17.1. The van der Waals surface area contributed by atoms with E-state index in [2.05, 4.69) is 9.98 Å². The molecule has 0 unspecified atom stereocenters. The van der Waals surface area contributed by atoms with Gasteiger partial charge in [-0.25, -0.2) is 4.99 Å². The van der Waals surface area contributed by atoms with Crippen LogP contribution in [-0.2, 0) is 4.79 Å². The second-order valence-corrected chi connectivity index (χ2v) is 6.96. The Balaban J connectivity index is 2.65. The van der Waals surface area contributed by atoms with E-state index in [0.29, 0.717) is 5.71 Å². The molecule has 0 spiro atoms. The third-order valence-electron chi connectivity index (χ3n) is 3.87. The maximum absolute atomic E-state index is 12.5. The number of aliphatic imine (C=N–C) groups is 1. The van der Waals surface area contributed by atoms with Gasteiger partial charge in [0.15, 0.2) is 0 Å². The van der Waals surface area contributed by atoms with Crippen LogP contribution >= 0.6 is 0 Å².